The standard InChI is InChI=1S/C60H110NO8P/c1-6-8-10-12-14-16-18-20-22-24-26-28-29-30-31-33-35-37-39-41-43-45-47-49-51-53-60(63)69-58(57-68-70(64,65)67-55-54-61(3,4)5)56-66-59(62)52-50-48-46-44-42-40-38-36-34-32-27-25-23-21-19-17-15-13-11-9-7-2/h18-21,24-27,29-30,58H,6-17,22-23,28,31-57H2,1-5H3/b20-18-,21-19-,26-24-,27-25-,30-29-. The van der Waals surface area contributed by atoms with E-state index < -0.39 is 26.5 Å². The first kappa shape index (κ1) is 67.7. The molecule has 0 aliphatic rings. The Labute approximate surface area is 432 Å². The largest absolute Gasteiger partial charge is 0.756 e. The molecule has 0 aliphatic carbocycles. The fourth-order valence-electron chi connectivity index (χ4n) is 7.99. The molecule has 0 bridgehead atoms. The molecule has 408 valence electrons. The Kier molecular flexibility index (Phi) is 49.9. The molecule has 0 radical (unpaired) electrons. The predicted octanol–water partition coefficient (Wildman–Crippen LogP) is 17.3. The number of quaternary nitrogens is 1. The number of ether oxygens (including phenoxy) is 2. The molecule has 0 fully saturated rings. The number of likely N-dealkylation sites (N-methyl/N-ethyl adjacent to an activating group) is 1. The molecule has 0 spiro atoms. The first-order valence-corrected chi connectivity index (χ1v) is 30.5. The van der Waals surface area contributed by atoms with Gasteiger partial charge in [0.2, 0.25) is 0 Å². The maximum Gasteiger partial charge on any atom is 0.306 e. The Balaban J connectivity index is 4.19. The molecular formula is C60H110NO8P. The van der Waals surface area contributed by atoms with E-state index in [1.54, 1.807) is 0 Å². The van der Waals surface area contributed by atoms with Gasteiger partial charge in [0, 0.05) is 12.8 Å². The predicted molar refractivity (Wildman–Crippen MR) is 296 cm³/mol. The fourth-order valence-corrected chi connectivity index (χ4v) is 8.72. The topological polar surface area (TPSA) is 111 Å². The molecule has 0 aliphatic heterocycles. The van der Waals surface area contributed by atoms with Crippen molar-refractivity contribution >= 4 is 19.8 Å². The third-order valence-corrected chi connectivity index (χ3v) is 13.5. The number of hydrogen-bond acceptors (Lipinski definition) is 8. The van der Waals surface area contributed by atoms with E-state index in [1.807, 2.05) is 21.1 Å². The maximum absolute atomic E-state index is 12.8. The van der Waals surface area contributed by atoms with E-state index in [9.17, 15) is 19.0 Å². The lowest BCUT2D eigenvalue weighted by Crippen LogP contribution is -2.37. The monoisotopic (exact) mass is 1000 g/mol. The Hall–Kier alpha value is -2.29. The molecule has 0 aromatic rings. The van der Waals surface area contributed by atoms with E-state index in [1.165, 1.54) is 154 Å². The second-order valence-electron chi connectivity index (χ2n) is 20.6. The maximum atomic E-state index is 12.8. The van der Waals surface area contributed by atoms with Gasteiger partial charge in [-0.2, -0.15) is 0 Å². The minimum absolute atomic E-state index is 0.0340. The molecule has 0 saturated heterocycles. The minimum Gasteiger partial charge on any atom is -0.756 e. The molecule has 70 heavy (non-hydrogen) atoms. The summed E-state index contributed by atoms with van der Waals surface area (Å²) in [7, 11) is 1.16. The zero-order chi connectivity index (χ0) is 51.3. The van der Waals surface area contributed by atoms with Crippen LogP contribution in [0.1, 0.15) is 258 Å². The Morgan fingerprint density at radius 2 is 0.771 bits per heavy atom. The van der Waals surface area contributed by atoms with Crippen molar-refractivity contribution in [3.05, 3.63) is 60.8 Å². The number of carbonyl (C=O) groups is 2. The molecular weight excluding hydrogens is 894 g/mol. The number of unbranched alkanes of at least 4 members (excludes halogenated alkanes) is 29. The van der Waals surface area contributed by atoms with Gasteiger partial charge in [-0.05, 0) is 83.5 Å². The van der Waals surface area contributed by atoms with E-state index in [0.29, 0.717) is 17.4 Å². The van der Waals surface area contributed by atoms with Crippen LogP contribution in [0.4, 0.5) is 0 Å². The highest BCUT2D eigenvalue weighted by Gasteiger charge is 2.22. The van der Waals surface area contributed by atoms with Crippen LogP contribution >= 0.6 is 7.82 Å². The van der Waals surface area contributed by atoms with Crippen LogP contribution in [0, 0.1) is 0 Å². The molecule has 2 unspecified atom stereocenters. The molecule has 2 atom stereocenters. The number of carbonyl (C=O) groups excluding carboxylic acids is 2. The van der Waals surface area contributed by atoms with Crippen molar-refractivity contribution < 1.29 is 42.1 Å². The normalized spacial score (nSPS) is 13.7. The van der Waals surface area contributed by atoms with E-state index in [0.717, 1.165) is 70.6 Å². The van der Waals surface area contributed by atoms with Crippen molar-refractivity contribution in [2.75, 3.05) is 47.5 Å². The summed E-state index contributed by atoms with van der Waals surface area (Å²) in [6.07, 6.45) is 65.4. The van der Waals surface area contributed by atoms with E-state index in [-0.39, 0.29) is 32.0 Å². The van der Waals surface area contributed by atoms with Gasteiger partial charge in [0.1, 0.15) is 19.8 Å². The van der Waals surface area contributed by atoms with Gasteiger partial charge in [0.25, 0.3) is 7.82 Å². The van der Waals surface area contributed by atoms with E-state index in [4.69, 9.17) is 18.5 Å². The summed E-state index contributed by atoms with van der Waals surface area (Å²) in [5.41, 5.74) is 0. The first-order valence-electron chi connectivity index (χ1n) is 29.0. The lowest BCUT2D eigenvalue weighted by atomic mass is 10.0. The number of allylic oxidation sites excluding steroid dienone is 10. The molecule has 10 heteroatoms. The van der Waals surface area contributed by atoms with Crippen LogP contribution in [0.2, 0.25) is 0 Å². The van der Waals surface area contributed by atoms with Crippen LogP contribution in [-0.4, -0.2) is 70.0 Å². The van der Waals surface area contributed by atoms with Gasteiger partial charge >= 0.3 is 11.9 Å². The number of nitrogens with zero attached hydrogens (tertiary/aromatic N) is 1. The summed E-state index contributed by atoms with van der Waals surface area (Å²) >= 11 is 0. The summed E-state index contributed by atoms with van der Waals surface area (Å²) < 4.78 is 34.2. The second-order valence-corrected chi connectivity index (χ2v) is 22.1. The second kappa shape index (κ2) is 51.6. The molecule has 0 saturated carbocycles. The van der Waals surface area contributed by atoms with Crippen molar-refractivity contribution in [1.29, 1.82) is 0 Å². The number of rotatable bonds is 53. The van der Waals surface area contributed by atoms with Crippen LogP contribution in [-0.2, 0) is 32.7 Å². The number of phosphoric ester groups is 1. The highest BCUT2D eigenvalue weighted by Crippen LogP contribution is 2.38. The average molecular weight is 1000 g/mol. The summed E-state index contributed by atoms with van der Waals surface area (Å²) in [6, 6.07) is 0. The van der Waals surface area contributed by atoms with Crippen LogP contribution in [0.5, 0.6) is 0 Å². The summed E-state index contributed by atoms with van der Waals surface area (Å²) in [6.45, 7) is 4.23. The third kappa shape index (κ3) is 55.0. The number of hydrogen-bond donors (Lipinski definition) is 0. The van der Waals surface area contributed by atoms with Crippen molar-refractivity contribution in [2.24, 2.45) is 0 Å². The SMILES string of the molecule is CCCCCCC/C=C\C/C=C\C/C=C\CCCCCCCCCCCCC(=O)OC(COC(=O)CCCCCCCCCCC/C=C\C/C=C\CCCCCCC)COP(=O)([O-])OCC[N+](C)(C)C. The number of phosphoric acid groups is 1. The lowest BCUT2D eigenvalue weighted by Gasteiger charge is -2.28. The van der Waals surface area contributed by atoms with Crippen molar-refractivity contribution in [2.45, 2.75) is 264 Å². The molecule has 0 N–H and O–H groups in total. The molecule has 0 heterocycles. The van der Waals surface area contributed by atoms with Crippen LogP contribution < -0.4 is 4.89 Å². The summed E-state index contributed by atoms with van der Waals surface area (Å²) in [5, 5.41) is 0. The minimum atomic E-state index is -4.64. The fraction of sp³-hybridized carbons (Fsp3) is 0.800. The van der Waals surface area contributed by atoms with Gasteiger partial charge < -0.3 is 27.9 Å². The Morgan fingerprint density at radius 3 is 1.14 bits per heavy atom. The summed E-state index contributed by atoms with van der Waals surface area (Å²) in [5.74, 6) is -0.838. The third-order valence-electron chi connectivity index (χ3n) is 12.5. The smallest absolute Gasteiger partial charge is 0.306 e. The van der Waals surface area contributed by atoms with Gasteiger partial charge in [-0.3, -0.25) is 14.2 Å². The van der Waals surface area contributed by atoms with Gasteiger partial charge in [0.05, 0.1) is 27.7 Å². The molecule has 9 nitrogen and oxygen atoms in total. The molecule has 0 aromatic carbocycles. The molecule has 0 rings (SSSR count). The number of esters is 2. The Bertz CT molecular complexity index is 1370. The zero-order valence-electron chi connectivity index (χ0n) is 46.2. The average Bonchev–Trinajstić information content (AvgIpc) is 3.32. The lowest BCUT2D eigenvalue weighted by molar-refractivity contribution is -0.870. The quantitative estimate of drug-likeness (QED) is 0.0195. The van der Waals surface area contributed by atoms with Crippen molar-refractivity contribution in [3.63, 3.8) is 0 Å². The Morgan fingerprint density at radius 1 is 0.443 bits per heavy atom. The van der Waals surface area contributed by atoms with Crippen LogP contribution in [0.25, 0.3) is 0 Å². The van der Waals surface area contributed by atoms with E-state index in [2.05, 4.69) is 74.6 Å². The van der Waals surface area contributed by atoms with Crippen molar-refractivity contribution in [1.82, 2.24) is 0 Å². The summed E-state index contributed by atoms with van der Waals surface area (Å²) in [4.78, 5) is 37.9. The highest BCUT2D eigenvalue weighted by atomic mass is 31.2. The molecule has 0 aromatic heterocycles. The van der Waals surface area contributed by atoms with Crippen LogP contribution in [0.15, 0.2) is 60.8 Å². The van der Waals surface area contributed by atoms with Gasteiger partial charge in [-0.1, -0.05) is 222 Å². The highest BCUT2D eigenvalue weighted by molar-refractivity contribution is 7.45. The first-order chi connectivity index (χ1) is 34.0. The van der Waals surface area contributed by atoms with Crippen molar-refractivity contribution in [3.8, 4) is 0 Å². The van der Waals surface area contributed by atoms with Crippen LogP contribution in [0.3, 0.4) is 0 Å². The zero-order valence-corrected chi connectivity index (χ0v) is 47.1. The van der Waals surface area contributed by atoms with Gasteiger partial charge in [0.15, 0.2) is 6.10 Å². The van der Waals surface area contributed by atoms with E-state index >= 15 is 0 Å². The molecule has 0 amide bonds. The van der Waals surface area contributed by atoms with Gasteiger partial charge in [-0.15, -0.1) is 0 Å². The van der Waals surface area contributed by atoms with Gasteiger partial charge in [-0.25, -0.2) is 0 Å².